The van der Waals surface area contributed by atoms with Crippen molar-refractivity contribution in [2.24, 2.45) is 14.1 Å². The number of carbonyl (C=O) groups excluding carboxylic acids is 2. The van der Waals surface area contributed by atoms with Gasteiger partial charge in [0.1, 0.15) is 11.2 Å². The van der Waals surface area contributed by atoms with Crippen LogP contribution in [0, 0.1) is 0 Å². The average Bonchev–Trinajstić information content (AvgIpc) is 3.34. The van der Waals surface area contributed by atoms with E-state index in [0.717, 1.165) is 10.0 Å². The second-order valence-corrected chi connectivity index (χ2v) is 7.77. The first kappa shape index (κ1) is 19.8. The summed E-state index contributed by atoms with van der Waals surface area (Å²) in [6.45, 7) is 3.79. The predicted octanol–water partition coefficient (Wildman–Crippen LogP) is 1.42. The molecule has 28 heavy (non-hydrogen) atoms. The topological polar surface area (TPSA) is 112 Å². The van der Waals surface area contributed by atoms with Crippen LogP contribution in [0.15, 0.2) is 35.5 Å². The van der Waals surface area contributed by atoms with Crippen molar-refractivity contribution in [2.75, 3.05) is 5.32 Å². The summed E-state index contributed by atoms with van der Waals surface area (Å²) in [6.07, 6.45) is 8.26. The number of rotatable bonds is 6. The van der Waals surface area contributed by atoms with Crippen LogP contribution in [-0.2, 0) is 31.0 Å². The molecule has 0 aliphatic rings. The van der Waals surface area contributed by atoms with Gasteiger partial charge in [0, 0.05) is 38.6 Å². The Morgan fingerprint density at radius 1 is 1.11 bits per heavy atom. The number of nitrogens with zero attached hydrogens (tertiary/aromatic N) is 6. The summed E-state index contributed by atoms with van der Waals surface area (Å²) in [4.78, 5) is 25.5. The van der Waals surface area contributed by atoms with Gasteiger partial charge in [-0.25, -0.2) is 0 Å². The van der Waals surface area contributed by atoms with E-state index in [-0.39, 0.29) is 17.5 Å². The van der Waals surface area contributed by atoms with Gasteiger partial charge >= 0.3 is 0 Å². The van der Waals surface area contributed by atoms with E-state index >= 15 is 0 Å². The monoisotopic (exact) mass is 448 g/mol. The molecule has 0 bridgehead atoms. The Morgan fingerprint density at radius 2 is 1.86 bits per heavy atom. The Hall–Kier alpha value is -2.95. The summed E-state index contributed by atoms with van der Waals surface area (Å²) in [7, 11) is 3.45. The van der Waals surface area contributed by atoms with E-state index < -0.39 is 5.54 Å². The van der Waals surface area contributed by atoms with E-state index in [2.05, 4.69) is 41.9 Å². The SMILES string of the molecule is Cn1cc(CNC(=O)c2c(NC(=O)C(C)(C)n3cc(Br)cn3)cnn2C)cn1. The van der Waals surface area contributed by atoms with Crippen molar-refractivity contribution >= 4 is 33.4 Å². The smallest absolute Gasteiger partial charge is 0.271 e. The maximum absolute atomic E-state index is 12.8. The van der Waals surface area contributed by atoms with E-state index in [4.69, 9.17) is 0 Å². The minimum atomic E-state index is -0.967. The molecule has 148 valence electrons. The minimum absolute atomic E-state index is 0.259. The van der Waals surface area contributed by atoms with Crippen molar-refractivity contribution in [1.82, 2.24) is 34.7 Å². The van der Waals surface area contributed by atoms with Gasteiger partial charge in [-0.3, -0.25) is 23.6 Å². The van der Waals surface area contributed by atoms with Crippen molar-refractivity contribution in [2.45, 2.75) is 25.9 Å². The van der Waals surface area contributed by atoms with Crippen molar-refractivity contribution in [3.05, 3.63) is 46.7 Å². The van der Waals surface area contributed by atoms with Gasteiger partial charge in [0.25, 0.3) is 11.8 Å². The number of anilines is 1. The molecule has 10 nitrogen and oxygen atoms in total. The van der Waals surface area contributed by atoms with Gasteiger partial charge in [-0.2, -0.15) is 15.3 Å². The van der Waals surface area contributed by atoms with Crippen LogP contribution in [0.5, 0.6) is 0 Å². The van der Waals surface area contributed by atoms with Crippen molar-refractivity contribution in [1.29, 1.82) is 0 Å². The van der Waals surface area contributed by atoms with E-state index in [1.54, 1.807) is 55.9 Å². The molecule has 0 saturated carbocycles. The van der Waals surface area contributed by atoms with Crippen LogP contribution in [0.25, 0.3) is 0 Å². The molecule has 0 fully saturated rings. The first-order chi connectivity index (χ1) is 13.2. The lowest BCUT2D eigenvalue weighted by molar-refractivity contribution is -0.123. The zero-order valence-electron chi connectivity index (χ0n) is 16.0. The lowest BCUT2D eigenvalue weighted by atomic mass is 10.0. The summed E-state index contributed by atoms with van der Waals surface area (Å²) in [6, 6.07) is 0. The molecule has 2 N–H and O–H groups in total. The summed E-state index contributed by atoms with van der Waals surface area (Å²) in [5.74, 6) is -0.670. The van der Waals surface area contributed by atoms with Gasteiger partial charge in [0.2, 0.25) is 0 Å². The number of nitrogens with one attached hydrogen (secondary N) is 2. The highest BCUT2D eigenvalue weighted by Gasteiger charge is 2.32. The van der Waals surface area contributed by atoms with Crippen LogP contribution in [0.3, 0.4) is 0 Å². The molecular weight excluding hydrogens is 428 g/mol. The third-order valence-electron chi connectivity index (χ3n) is 4.29. The Bertz CT molecular complexity index is 1020. The molecular formula is C17H21BrN8O2. The summed E-state index contributed by atoms with van der Waals surface area (Å²) in [5, 5.41) is 18.0. The molecule has 3 heterocycles. The Balaban J connectivity index is 1.74. The zero-order valence-corrected chi connectivity index (χ0v) is 17.6. The number of amides is 2. The molecule has 0 aliphatic heterocycles. The molecule has 2 amide bonds. The van der Waals surface area contributed by atoms with Gasteiger partial charge in [-0.1, -0.05) is 0 Å². The highest BCUT2D eigenvalue weighted by Crippen LogP contribution is 2.22. The van der Waals surface area contributed by atoms with Crippen LogP contribution in [0.1, 0.15) is 29.9 Å². The number of carbonyl (C=O) groups is 2. The predicted molar refractivity (Wildman–Crippen MR) is 105 cm³/mol. The van der Waals surface area contributed by atoms with Gasteiger partial charge in [0.05, 0.1) is 28.8 Å². The molecule has 3 aromatic heterocycles. The van der Waals surface area contributed by atoms with Crippen LogP contribution < -0.4 is 10.6 Å². The lowest BCUT2D eigenvalue weighted by Crippen LogP contribution is -2.41. The molecule has 3 aromatic rings. The zero-order chi connectivity index (χ0) is 20.5. The van der Waals surface area contributed by atoms with Gasteiger partial charge in [-0.15, -0.1) is 0 Å². The Kier molecular flexibility index (Phi) is 5.36. The standard InChI is InChI=1S/C17H21BrN8O2/c1-17(2,26-10-12(18)7-22-26)16(28)23-13-8-21-25(4)14(13)15(27)19-5-11-6-20-24(3)9-11/h6-10H,5H2,1-4H3,(H,19,27)(H,23,28). The first-order valence-corrected chi connectivity index (χ1v) is 9.27. The largest absolute Gasteiger partial charge is 0.346 e. The van der Waals surface area contributed by atoms with Crippen LogP contribution in [0.2, 0.25) is 0 Å². The number of hydrogen-bond acceptors (Lipinski definition) is 5. The second-order valence-electron chi connectivity index (χ2n) is 6.85. The average molecular weight is 449 g/mol. The summed E-state index contributed by atoms with van der Waals surface area (Å²) >= 11 is 3.33. The fraction of sp³-hybridized carbons (Fsp3) is 0.353. The second kappa shape index (κ2) is 7.58. The quantitative estimate of drug-likeness (QED) is 0.591. The molecule has 0 aliphatic carbocycles. The van der Waals surface area contributed by atoms with Crippen molar-refractivity contribution in [3.63, 3.8) is 0 Å². The number of hydrogen-bond donors (Lipinski definition) is 2. The lowest BCUT2D eigenvalue weighted by Gasteiger charge is -2.24. The third kappa shape index (κ3) is 3.98. The first-order valence-electron chi connectivity index (χ1n) is 8.48. The maximum atomic E-state index is 12.8. The van der Waals surface area contributed by atoms with Gasteiger partial charge < -0.3 is 10.6 Å². The van der Waals surface area contributed by atoms with Crippen LogP contribution in [-0.4, -0.2) is 41.2 Å². The molecule has 0 atom stereocenters. The fourth-order valence-corrected chi connectivity index (χ4v) is 2.90. The van der Waals surface area contributed by atoms with Crippen molar-refractivity contribution < 1.29 is 9.59 Å². The van der Waals surface area contributed by atoms with Crippen LogP contribution >= 0.6 is 15.9 Å². The number of halogens is 1. The molecule has 3 rings (SSSR count). The molecule has 0 radical (unpaired) electrons. The highest BCUT2D eigenvalue weighted by molar-refractivity contribution is 9.10. The van der Waals surface area contributed by atoms with Crippen molar-refractivity contribution in [3.8, 4) is 0 Å². The molecule has 0 aromatic carbocycles. The summed E-state index contributed by atoms with van der Waals surface area (Å²) < 4.78 is 5.40. The third-order valence-corrected chi connectivity index (χ3v) is 4.70. The fourth-order valence-electron chi connectivity index (χ4n) is 2.61. The molecule has 0 spiro atoms. The molecule has 0 unspecified atom stereocenters. The minimum Gasteiger partial charge on any atom is -0.346 e. The number of aryl methyl sites for hydroxylation is 2. The molecule has 0 saturated heterocycles. The van der Waals surface area contributed by atoms with E-state index in [0.29, 0.717) is 12.2 Å². The Morgan fingerprint density at radius 3 is 2.46 bits per heavy atom. The van der Waals surface area contributed by atoms with Gasteiger partial charge in [0.15, 0.2) is 0 Å². The maximum Gasteiger partial charge on any atom is 0.271 e. The summed E-state index contributed by atoms with van der Waals surface area (Å²) in [5.41, 5.74) is 0.491. The highest BCUT2D eigenvalue weighted by atomic mass is 79.9. The van der Waals surface area contributed by atoms with Crippen LogP contribution in [0.4, 0.5) is 5.69 Å². The van der Waals surface area contributed by atoms with E-state index in [1.807, 2.05) is 6.20 Å². The van der Waals surface area contributed by atoms with Gasteiger partial charge in [-0.05, 0) is 29.8 Å². The van der Waals surface area contributed by atoms with E-state index in [1.165, 1.54) is 10.9 Å². The Labute approximate surface area is 170 Å². The number of aromatic nitrogens is 6. The normalized spacial score (nSPS) is 11.5. The van der Waals surface area contributed by atoms with E-state index in [9.17, 15) is 9.59 Å². The molecule has 11 heteroatoms.